The van der Waals surface area contributed by atoms with E-state index in [1.54, 1.807) is 6.26 Å². The summed E-state index contributed by atoms with van der Waals surface area (Å²) < 4.78 is 5.43. The smallest absolute Gasteiger partial charge is 0.133 e. The number of hydrogen-bond donors (Lipinski definition) is 1. The van der Waals surface area contributed by atoms with Crippen molar-refractivity contribution in [2.24, 2.45) is 0 Å². The number of halogens is 1. The molecular formula is C21H18ClN3O. The second-order valence-corrected chi connectivity index (χ2v) is 7.13. The number of aromatic nitrogens is 2. The first-order valence-corrected chi connectivity index (χ1v) is 9.16. The number of furan rings is 1. The molecule has 5 heteroatoms. The van der Waals surface area contributed by atoms with Gasteiger partial charge in [-0.2, -0.15) is 5.10 Å². The highest BCUT2D eigenvalue weighted by Crippen LogP contribution is 2.28. The minimum absolute atomic E-state index is 0.719. The van der Waals surface area contributed by atoms with Gasteiger partial charge in [0.15, 0.2) is 0 Å². The zero-order valence-corrected chi connectivity index (χ0v) is 15.0. The average molecular weight is 364 g/mol. The van der Waals surface area contributed by atoms with Gasteiger partial charge in [0.05, 0.1) is 22.5 Å². The highest BCUT2D eigenvalue weighted by atomic mass is 35.5. The lowest BCUT2D eigenvalue weighted by molar-refractivity contribution is 0.291. The molecule has 5 rings (SSSR count). The van der Waals surface area contributed by atoms with E-state index in [9.17, 15) is 0 Å². The third-order valence-electron chi connectivity index (χ3n) is 5.12. The van der Waals surface area contributed by atoms with E-state index in [0.29, 0.717) is 0 Å². The summed E-state index contributed by atoms with van der Waals surface area (Å²) in [5.41, 5.74) is 5.61. The molecule has 0 spiro atoms. The monoisotopic (exact) mass is 363 g/mol. The third-order valence-corrected chi connectivity index (χ3v) is 5.43. The van der Waals surface area contributed by atoms with Gasteiger partial charge in [0.1, 0.15) is 5.58 Å². The first-order chi connectivity index (χ1) is 12.8. The van der Waals surface area contributed by atoms with Crippen LogP contribution in [0.5, 0.6) is 0 Å². The van der Waals surface area contributed by atoms with Crippen molar-refractivity contribution < 1.29 is 4.42 Å². The number of rotatable bonds is 3. The molecule has 0 atom stereocenters. The standard InChI is InChI=1S/C21H18ClN3O/c22-18-3-1-2-17-19(23-24-21(17)18)13-25-9-6-14(7-10-25)15-4-5-20-16(12-15)8-11-26-20/h1-6,8,11-12H,7,9-10,13H2,(H,23,24). The van der Waals surface area contributed by atoms with Crippen LogP contribution in [-0.4, -0.2) is 28.2 Å². The van der Waals surface area contributed by atoms with Crippen LogP contribution in [0.1, 0.15) is 17.7 Å². The molecule has 1 aliphatic heterocycles. The van der Waals surface area contributed by atoms with Crippen LogP contribution in [0.4, 0.5) is 0 Å². The third kappa shape index (κ3) is 2.71. The lowest BCUT2D eigenvalue weighted by atomic mass is 9.98. The Balaban J connectivity index is 1.35. The van der Waals surface area contributed by atoms with E-state index in [2.05, 4.69) is 45.4 Å². The van der Waals surface area contributed by atoms with Crippen LogP contribution in [0, 0.1) is 0 Å². The number of nitrogens with zero attached hydrogens (tertiary/aromatic N) is 2. The quantitative estimate of drug-likeness (QED) is 0.540. The highest BCUT2D eigenvalue weighted by molar-refractivity contribution is 6.35. The van der Waals surface area contributed by atoms with Crippen molar-refractivity contribution in [3.63, 3.8) is 0 Å². The minimum Gasteiger partial charge on any atom is -0.464 e. The van der Waals surface area contributed by atoms with E-state index in [1.807, 2.05) is 18.2 Å². The number of benzene rings is 2. The van der Waals surface area contributed by atoms with Crippen LogP contribution >= 0.6 is 11.6 Å². The molecule has 3 heterocycles. The van der Waals surface area contributed by atoms with E-state index in [-0.39, 0.29) is 0 Å². The van der Waals surface area contributed by atoms with Crippen LogP contribution in [0.15, 0.2) is 59.2 Å². The zero-order chi connectivity index (χ0) is 17.5. The molecule has 130 valence electrons. The van der Waals surface area contributed by atoms with Gasteiger partial charge in [-0.05, 0) is 41.8 Å². The summed E-state index contributed by atoms with van der Waals surface area (Å²) in [6.07, 6.45) is 5.10. The zero-order valence-electron chi connectivity index (χ0n) is 14.2. The molecule has 2 aromatic carbocycles. The summed E-state index contributed by atoms with van der Waals surface area (Å²) >= 11 is 6.23. The molecule has 0 unspecified atom stereocenters. The summed E-state index contributed by atoms with van der Waals surface area (Å²) in [5, 5.41) is 10.5. The van der Waals surface area contributed by atoms with Gasteiger partial charge in [-0.1, -0.05) is 35.9 Å². The predicted octanol–water partition coefficient (Wildman–Crippen LogP) is 5.25. The van der Waals surface area contributed by atoms with Gasteiger partial charge >= 0.3 is 0 Å². The number of hydrogen-bond acceptors (Lipinski definition) is 3. The minimum atomic E-state index is 0.719. The number of nitrogens with one attached hydrogen (secondary N) is 1. The van der Waals surface area contributed by atoms with E-state index < -0.39 is 0 Å². The Bertz CT molecular complexity index is 1120. The largest absolute Gasteiger partial charge is 0.464 e. The lowest BCUT2D eigenvalue weighted by Crippen LogP contribution is -2.28. The number of aromatic amines is 1. The fraction of sp³-hybridized carbons (Fsp3) is 0.190. The topological polar surface area (TPSA) is 45.1 Å². The lowest BCUT2D eigenvalue weighted by Gasteiger charge is -2.25. The molecule has 26 heavy (non-hydrogen) atoms. The van der Waals surface area contributed by atoms with Crippen molar-refractivity contribution in [3.05, 3.63) is 71.1 Å². The number of fused-ring (bicyclic) bond motifs is 2. The Morgan fingerprint density at radius 2 is 2.15 bits per heavy atom. The Morgan fingerprint density at radius 3 is 3.04 bits per heavy atom. The average Bonchev–Trinajstić information content (AvgIpc) is 3.30. The van der Waals surface area contributed by atoms with E-state index in [0.717, 1.165) is 58.6 Å². The van der Waals surface area contributed by atoms with Crippen LogP contribution in [-0.2, 0) is 6.54 Å². The van der Waals surface area contributed by atoms with Crippen molar-refractivity contribution in [1.82, 2.24) is 15.1 Å². The normalized spacial score (nSPS) is 15.7. The van der Waals surface area contributed by atoms with E-state index in [1.165, 1.54) is 11.1 Å². The molecule has 4 nitrogen and oxygen atoms in total. The summed E-state index contributed by atoms with van der Waals surface area (Å²) in [7, 11) is 0. The van der Waals surface area contributed by atoms with Crippen molar-refractivity contribution in [3.8, 4) is 0 Å². The first-order valence-electron chi connectivity index (χ1n) is 8.78. The van der Waals surface area contributed by atoms with Crippen LogP contribution in [0.3, 0.4) is 0 Å². The molecule has 0 saturated carbocycles. The van der Waals surface area contributed by atoms with Crippen molar-refractivity contribution in [1.29, 1.82) is 0 Å². The van der Waals surface area contributed by atoms with Gasteiger partial charge in [0, 0.05) is 30.4 Å². The Morgan fingerprint density at radius 1 is 1.19 bits per heavy atom. The van der Waals surface area contributed by atoms with E-state index in [4.69, 9.17) is 16.0 Å². The number of para-hydroxylation sites is 1. The molecular weight excluding hydrogens is 346 g/mol. The molecule has 0 fully saturated rings. The maximum absolute atomic E-state index is 6.23. The fourth-order valence-corrected chi connectivity index (χ4v) is 3.89. The van der Waals surface area contributed by atoms with Crippen LogP contribution in [0.2, 0.25) is 5.02 Å². The maximum atomic E-state index is 6.23. The maximum Gasteiger partial charge on any atom is 0.133 e. The molecule has 0 aliphatic carbocycles. The summed E-state index contributed by atoms with van der Waals surface area (Å²) in [4.78, 5) is 2.41. The molecule has 1 N–H and O–H groups in total. The molecule has 1 aliphatic rings. The van der Waals surface area contributed by atoms with Gasteiger partial charge in [-0.15, -0.1) is 0 Å². The molecule has 0 amide bonds. The van der Waals surface area contributed by atoms with Crippen LogP contribution < -0.4 is 0 Å². The van der Waals surface area contributed by atoms with Gasteiger partial charge < -0.3 is 4.42 Å². The second-order valence-electron chi connectivity index (χ2n) is 6.72. The van der Waals surface area contributed by atoms with Crippen molar-refractivity contribution in [2.75, 3.05) is 13.1 Å². The second kappa shape index (κ2) is 6.31. The summed E-state index contributed by atoms with van der Waals surface area (Å²) in [6.45, 7) is 2.77. The molecule has 0 bridgehead atoms. The summed E-state index contributed by atoms with van der Waals surface area (Å²) in [5.74, 6) is 0. The fourth-order valence-electron chi connectivity index (χ4n) is 3.68. The highest BCUT2D eigenvalue weighted by Gasteiger charge is 2.16. The van der Waals surface area contributed by atoms with Crippen LogP contribution in [0.25, 0.3) is 27.4 Å². The van der Waals surface area contributed by atoms with Gasteiger partial charge in [-0.3, -0.25) is 10.00 Å². The summed E-state index contributed by atoms with van der Waals surface area (Å²) in [6, 6.07) is 14.4. The molecule has 4 aromatic rings. The van der Waals surface area contributed by atoms with Gasteiger partial charge in [-0.25, -0.2) is 0 Å². The van der Waals surface area contributed by atoms with Crippen molar-refractivity contribution >= 4 is 39.0 Å². The van der Waals surface area contributed by atoms with Gasteiger partial charge in [0.25, 0.3) is 0 Å². The Hall–Kier alpha value is -2.56. The SMILES string of the molecule is Clc1cccc2c(CN3CC=C(c4ccc5occc5c4)CC3)n[nH]c12. The Labute approximate surface area is 156 Å². The van der Waals surface area contributed by atoms with Crippen molar-refractivity contribution in [2.45, 2.75) is 13.0 Å². The van der Waals surface area contributed by atoms with E-state index >= 15 is 0 Å². The Kier molecular flexibility index (Phi) is 3.80. The molecule has 0 radical (unpaired) electrons. The van der Waals surface area contributed by atoms with Gasteiger partial charge in [0.2, 0.25) is 0 Å². The first kappa shape index (κ1) is 15.7. The molecule has 2 aromatic heterocycles. The predicted molar refractivity (Wildman–Crippen MR) is 105 cm³/mol. The molecule has 0 saturated heterocycles. The number of H-pyrrole nitrogens is 1.